The fourth-order valence-corrected chi connectivity index (χ4v) is 4.65. The summed E-state index contributed by atoms with van der Waals surface area (Å²) in [6, 6.07) is 12.7. The van der Waals surface area contributed by atoms with Gasteiger partial charge in [-0.1, -0.05) is 18.2 Å². The number of nitrogens with one attached hydrogen (secondary N) is 1. The first-order valence-electron chi connectivity index (χ1n) is 9.08. The number of rotatable bonds is 7. The van der Waals surface area contributed by atoms with E-state index in [2.05, 4.69) is 5.32 Å². The van der Waals surface area contributed by atoms with Crippen LogP contribution in [0.25, 0.3) is 0 Å². The Morgan fingerprint density at radius 2 is 1.75 bits per heavy atom. The molecular formula is C20H22F3NO3S. The molecule has 1 heterocycles. The smallest absolute Gasteiger partial charge is 0.416 e. The minimum Gasteiger partial charge on any atom is -0.490 e. The van der Waals surface area contributed by atoms with Crippen LogP contribution in [0.5, 0.6) is 5.75 Å². The molecule has 2 aromatic carbocycles. The molecule has 1 aliphatic heterocycles. The van der Waals surface area contributed by atoms with Crippen molar-refractivity contribution in [1.29, 1.82) is 0 Å². The first-order valence-corrected chi connectivity index (χ1v) is 10.7. The molecule has 8 heteroatoms. The number of hydrogen-bond acceptors (Lipinski definition) is 4. The summed E-state index contributed by atoms with van der Waals surface area (Å²) in [5.41, 5.74) is -0.745. The van der Waals surface area contributed by atoms with E-state index in [9.17, 15) is 21.6 Å². The van der Waals surface area contributed by atoms with E-state index in [1.165, 1.54) is 12.1 Å². The molecule has 152 valence electrons. The second-order valence-electron chi connectivity index (χ2n) is 6.85. The van der Waals surface area contributed by atoms with E-state index in [1.54, 1.807) is 30.3 Å². The average Bonchev–Trinajstić information content (AvgIpc) is 3.20. The minimum absolute atomic E-state index is 0.0845. The van der Waals surface area contributed by atoms with Crippen molar-refractivity contribution in [2.45, 2.75) is 30.0 Å². The van der Waals surface area contributed by atoms with Crippen LogP contribution in [0.1, 0.15) is 18.4 Å². The lowest BCUT2D eigenvalue weighted by Crippen LogP contribution is -2.31. The van der Waals surface area contributed by atoms with Crippen molar-refractivity contribution in [3.63, 3.8) is 0 Å². The molecule has 2 atom stereocenters. The summed E-state index contributed by atoms with van der Waals surface area (Å²) in [7, 11) is -3.45. The average molecular weight is 413 g/mol. The zero-order valence-corrected chi connectivity index (χ0v) is 16.0. The minimum atomic E-state index is -4.41. The Labute approximate surface area is 162 Å². The third-order valence-corrected chi connectivity index (χ3v) is 6.63. The summed E-state index contributed by atoms with van der Waals surface area (Å²) >= 11 is 0. The summed E-state index contributed by atoms with van der Waals surface area (Å²) in [6.07, 6.45) is -3.71. The summed E-state index contributed by atoms with van der Waals surface area (Å²) in [5.74, 6) is 0.328. The zero-order chi connectivity index (χ0) is 20.2. The van der Waals surface area contributed by atoms with Gasteiger partial charge in [0.25, 0.3) is 0 Å². The SMILES string of the molecule is O=S(=O)(CC[C@H](Oc1ccc(C(F)(F)F)cc1)[C@H]1CCNC1)c1ccccc1. The largest absolute Gasteiger partial charge is 0.490 e. The van der Waals surface area contributed by atoms with Gasteiger partial charge in [-0.3, -0.25) is 0 Å². The molecule has 0 saturated carbocycles. The van der Waals surface area contributed by atoms with Crippen LogP contribution in [0.2, 0.25) is 0 Å². The van der Waals surface area contributed by atoms with Gasteiger partial charge in [0.1, 0.15) is 11.9 Å². The lowest BCUT2D eigenvalue weighted by Gasteiger charge is -2.24. The number of hydrogen-bond donors (Lipinski definition) is 1. The van der Waals surface area contributed by atoms with E-state index in [0.717, 1.165) is 25.1 Å². The summed E-state index contributed by atoms with van der Waals surface area (Å²) in [5, 5.41) is 3.22. The molecule has 0 aliphatic carbocycles. The summed E-state index contributed by atoms with van der Waals surface area (Å²) < 4.78 is 69.2. The zero-order valence-electron chi connectivity index (χ0n) is 15.2. The molecule has 1 aliphatic rings. The quantitative estimate of drug-likeness (QED) is 0.748. The van der Waals surface area contributed by atoms with E-state index in [0.29, 0.717) is 12.3 Å². The number of ether oxygens (including phenoxy) is 1. The normalized spacial score (nSPS) is 18.8. The molecule has 28 heavy (non-hydrogen) atoms. The Kier molecular flexibility index (Phi) is 6.30. The van der Waals surface area contributed by atoms with E-state index in [-0.39, 0.29) is 23.0 Å². The van der Waals surface area contributed by atoms with Crippen LogP contribution < -0.4 is 10.1 Å². The molecule has 0 aromatic heterocycles. The predicted molar refractivity (Wildman–Crippen MR) is 99.9 cm³/mol. The molecule has 0 bridgehead atoms. The highest BCUT2D eigenvalue weighted by molar-refractivity contribution is 7.91. The maximum atomic E-state index is 12.7. The van der Waals surface area contributed by atoms with Crippen LogP contribution >= 0.6 is 0 Å². The van der Waals surface area contributed by atoms with Crippen molar-refractivity contribution in [3.8, 4) is 5.75 Å². The maximum Gasteiger partial charge on any atom is 0.416 e. The van der Waals surface area contributed by atoms with Crippen LogP contribution in [0.4, 0.5) is 13.2 Å². The second-order valence-corrected chi connectivity index (χ2v) is 8.96. The molecule has 0 unspecified atom stereocenters. The lowest BCUT2D eigenvalue weighted by molar-refractivity contribution is -0.137. The van der Waals surface area contributed by atoms with Crippen molar-refractivity contribution >= 4 is 9.84 Å². The van der Waals surface area contributed by atoms with Gasteiger partial charge in [0.15, 0.2) is 9.84 Å². The Bertz CT molecular complexity index is 862. The molecule has 2 aromatic rings. The number of alkyl halides is 3. The van der Waals surface area contributed by atoms with Crippen LogP contribution in [0.15, 0.2) is 59.5 Å². The highest BCUT2D eigenvalue weighted by Gasteiger charge is 2.31. The van der Waals surface area contributed by atoms with Crippen LogP contribution in [0.3, 0.4) is 0 Å². The molecule has 1 fully saturated rings. The Balaban J connectivity index is 1.71. The molecule has 0 spiro atoms. The second kappa shape index (κ2) is 8.53. The summed E-state index contributed by atoms with van der Waals surface area (Å²) in [4.78, 5) is 0.257. The third kappa shape index (κ3) is 5.26. The van der Waals surface area contributed by atoms with Crippen molar-refractivity contribution in [2.24, 2.45) is 5.92 Å². The Hall–Kier alpha value is -2.06. The van der Waals surface area contributed by atoms with E-state index >= 15 is 0 Å². The van der Waals surface area contributed by atoms with E-state index in [1.807, 2.05) is 0 Å². The fraction of sp³-hybridized carbons (Fsp3) is 0.400. The third-order valence-electron chi connectivity index (χ3n) is 4.87. The van der Waals surface area contributed by atoms with Gasteiger partial charge >= 0.3 is 6.18 Å². The van der Waals surface area contributed by atoms with Gasteiger partial charge in [-0.25, -0.2) is 8.42 Å². The van der Waals surface area contributed by atoms with Gasteiger partial charge in [-0.2, -0.15) is 13.2 Å². The Morgan fingerprint density at radius 3 is 2.32 bits per heavy atom. The van der Waals surface area contributed by atoms with Gasteiger partial charge in [0.05, 0.1) is 16.2 Å². The fourth-order valence-electron chi connectivity index (χ4n) is 3.30. The number of benzene rings is 2. The van der Waals surface area contributed by atoms with Crippen molar-refractivity contribution in [2.75, 3.05) is 18.8 Å². The van der Waals surface area contributed by atoms with Crippen molar-refractivity contribution in [3.05, 3.63) is 60.2 Å². The highest BCUT2D eigenvalue weighted by Crippen LogP contribution is 2.31. The first-order chi connectivity index (χ1) is 13.3. The summed E-state index contributed by atoms with van der Waals surface area (Å²) in [6.45, 7) is 1.50. The topological polar surface area (TPSA) is 55.4 Å². The monoisotopic (exact) mass is 413 g/mol. The van der Waals surface area contributed by atoms with Crippen LogP contribution in [-0.4, -0.2) is 33.4 Å². The molecule has 0 radical (unpaired) electrons. The highest BCUT2D eigenvalue weighted by atomic mass is 32.2. The van der Waals surface area contributed by atoms with E-state index < -0.39 is 27.7 Å². The van der Waals surface area contributed by atoms with Crippen LogP contribution in [0, 0.1) is 5.92 Å². The molecule has 0 amide bonds. The van der Waals surface area contributed by atoms with Gasteiger partial charge in [0.2, 0.25) is 0 Å². The Morgan fingerprint density at radius 1 is 1.07 bits per heavy atom. The number of sulfone groups is 1. The molecule has 3 rings (SSSR count). The van der Waals surface area contributed by atoms with Gasteiger partial charge < -0.3 is 10.1 Å². The standard InChI is InChI=1S/C20H22F3NO3S/c21-20(22,23)16-6-8-17(9-7-16)27-19(15-10-12-24-14-15)11-13-28(25,26)18-4-2-1-3-5-18/h1-9,15,19,24H,10-14H2/t15-,19-/m0/s1. The first kappa shape index (κ1) is 20.7. The number of halogens is 3. The van der Waals surface area contributed by atoms with Gasteiger partial charge in [-0.15, -0.1) is 0 Å². The maximum absolute atomic E-state index is 12.7. The van der Waals surface area contributed by atoms with Gasteiger partial charge in [-0.05, 0) is 55.8 Å². The van der Waals surface area contributed by atoms with Crippen molar-refractivity contribution in [1.82, 2.24) is 5.32 Å². The van der Waals surface area contributed by atoms with Crippen LogP contribution in [-0.2, 0) is 16.0 Å². The molecular weight excluding hydrogens is 391 g/mol. The predicted octanol–water partition coefficient (Wildman–Crippen LogP) is 3.93. The van der Waals surface area contributed by atoms with Crippen molar-refractivity contribution < 1.29 is 26.3 Å². The lowest BCUT2D eigenvalue weighted by atomic mass is 9.99. The molecule has 1 N–H and O–H groups in total. The van der Waals surface area contributed by atoms with E-state index in [4.69, 9.17) is 4.74 Å². The molecule has 1 saturated heterocycles. The van der Waals surface area contributed by atoms with Gasteiger partial charge in [0, 0.05) is 12.5 Å². The molecule has 4 nitrogen and oxygen atoms in total.